The van der Waals surface area contributed by atoms with Crippen LogP contribution in [0.5, 0.6) is 0 Å². The maximum atomic E-state index is 11.8. The number of H-pyrrole nitrogens is 1. The lowest BCUT2D eigenvalue weighted by molar-refractivity contribution is 0.543. The molecule has 0 saturated heterocycles. The van der Waals surface area contributed by atoms with Gasteiger partial charge in [-0.1, -0.05) is 44.0 Å². The SMILES string of the molecule is CC(C)(C)c1nc(-c2cc(Cl)ccc2Cl)cc(=O)[nH]1. The summed E-state index contributed by atoms with van der Waals surface area (Å²) in [5, 5.41) is 1.07. The van der Waals surface area contributed by atoms with Crippen LogP contribution in [0.4, 0.5) is 0 Å². The molecule has 2 aromatic rings. The molecule has 0 amide bonds. The van der Waals surface area contributed by atoms with Crippen LogP contribution in [0.1, 0.15) is 26.6 Å². The van der Waals surface area contributed by atoms with E-state index in [0.29, 0.717) is 27.1 Å². The molecule has 100 valence electrons. The van der Waals surface area contributed by atoms with Gasteiger partial charge in [0.2, 0.25) is 0 Å². The van der Waals surface area contributed by atoms with E-state index >= 15 is 0 Å². The van der Waals surface area contributed by atoms with Crippen LogP contribution in [0.3, 0.4) is 0 Å². The minimum Gasteiger partial charge on any atom is -0.310 e. The third-order valence-corrected chi connectivity index (χ3v) is 3.22. The quantitative estimate of drug-likeness (QED) is 0.863. The van der Waals surface area contributed by atoms with Gasteiger partial charge in [-0.3, -0.25) is 4.79 Å². The molecule has 1 aromatic carbocycles. The van der Waals surface area contributed by atoms with Gasteiger partial charge in [-0.05, 0) is 18.2 Å². The van der Waals surface area contributed by atoms with Crippen LogP contribution < -0.4 is 5.56 Å². The largest absolute Gasteiger partial charge is 0.310 e. The predicted molar refractivity (Wildman–Crippen MR) is 79.0 cm³/mol. The van der Waals surface area contributed by atoms with Crippen molar-refractivity contribution in [3.8, 4) is 11.3 Å². The van der Waals surface area contributed by atoms with E-state index in [1.807, 2.05) is 20.8 Å². The summed E-state index contributed by atoms with van der Waals surface area (Å²) in [6, 6.07) is 6.52. The first-order chi connectivity index (χ1) is 8.77. The van der Waals surface area contributed by atoms with E-state index in [2.05, 4.69) is 9.97 Å². The molecular weight excluding hydrogens is 283 g/mol. The van der Waals surface area contributed by atoms with Crippen LogP contribution in [0.25, 0.3) is 11.3 Å². The minimum absolute atomic E-state index is 0.203. The van der Waals surface area contributed by atoms with E-state index in [9.17, 15) is 4.79 Å². The normalized spacial score (nSPS) is 11.6. The van der Waals surface area contributed by atoms with Crippen molar-refractivity contribution in [1.29, 1.82) is 0 Å². The first kappa shape index (κ1) is 14.1. The van der Waals surface area contributed by atoms with Crippen LogP contribution in [-0.4, -0.2) is 9.97 Å². The molecule has 0 radical (unpaired) electrons. The van der Waals surface area contributed by atoms with Gasteiger partial charge < -0.3 is 4.98 Å². The lowest BCUT2D eigenvalue weighted by Gasteiger charge is -2.17. The Hall–Kier alpha value is -1.32. The second kappa shape index (κ2) is 4.99. The summed E-state index contributed by atoms with van der Waals surface area (Å²) < 4.78 is 0. The van der Waals surface area contributed by atoms with Gasteiger partial charge in [-0.2, -0.15) is 0 Å². The number of halogens is 2. The average molecular weight is 297 g/mol. The molecule has 1 N–H and O–H groups in total. The molecule has 19 heavy (non-hydrogen) atoms. The number of hydrogen-bond acceptors (Lipinski definition) is 2. The summed E-state index contributed by atoms with van der Waals surface area (Å²) >= 11 is 12.1. The molecule has 0 saturated carbocycles. The highest BCUT2D eigenvalue weighted by Crippen LogP contribution is 2.29. The van der Waals surface area contributed by atoms with Crippen molar-refractivity contribution in [1.82, 2.24) is 9.97 Å². The second-order valence-electron chi connectivity index (χ2n) is 5.35. The fourth-order valence-corrected chi connectivity index (χ4v) is 2.03. The van der Waals surface area contributed by atoms with Crippen LogP contribution in [0, 0.1) is 0 Å². The lowest BCUT2D eigenvalue weighted by atomic mass is 9.95. The molecule has 1 heterocycles. The van der Waals surface area contributed by atoms with Crippen molar-refractivity contribution >= 4 is 23.2 Å². The number of aromatic amines is 1. The Bertz CT molecular complexity index is 672. The van der Waals surface area contributed by atoms with Gasteiger partial charge in [0.15, 0.2) is 0 Å². The number of benzene rings is 1. The first-order valence-corrected chi connectivity index (χ1v) is 6.60. The van der Waals surface area contributed by atoms with Crippen molar-refractivity contribution in [3.05, 3.63) is 50.5 Å². The second-order valence-corrected chi connectivity index (χ2v) is 6.20. The summed E-state index contributed by atoms with van der Waals surface area (Å²) in [6.07, 6.45) is 0. The Morgan fingerprint density at radius 1 is 1.16 bits per heavy atom. The monoisotopic (exact) mass is 296 g/mol. The molecular formula is C14H14Cl2N2O. The van der Waals surface area contributed by atoms with Gasteiger partial charge in [0, 0.05) is 22.1 Å². The third kappa shape index (κ3) is 3.17. The molecule has 0 spiro atoms. The Morgan fingerprint density at radius 2 is 1.84 bits per heavy atom. The van der Waals surface area contributed by atoms with Gasteiger partial charge in [0.1, 0.15) is 5.82 Å². The zero-order chi connectivity index (χ0) is 14.2. The standard InChI is InChI=1S/C14H14Cl2N2O/c1-14(2,3)13-17-11(7-12(19)18-13)9-6-8(15)4-5-10(9)16/h4-7H,1-3H3,(H,17,18,19). The van der Waals surface area contributed by atoms with Crippen LogP contribution in [-0.2, 0) is 5.41 Å². The zero-order valence-electron chi connectivity index (χ0n) is 10.9. The lowest BCUT2D eigenvalue weighted by Crippen LogP contribution is -2.21. The third-order valence-electron chi connectivity index (χ3n) is 2.66. The fraction of sp³-hybridized carbons (Fsp3) is 0.286. The molecule has 3 nitrogen and oxygen atoms in total. The molecule has 0 aliphatic rings. The van der Waals surface area contributed by atoms with Crippen LogP contribution in [0.2, 0.25) is 10.0 Å². The maximum Gasteiger partial charge on any atom is 0.251 e. The Balaban J connectivity index is 2.66. The molecule has 2 rings (SSSR count). The molecule has 0 unspecified atom stereocenters. The topological polar surface area (TPSA) is 45.8 Å². The summed E-state index contributed by atoms with van der Waals surface area (Å²) in [6.45, 7) is 5.94. The summed E-state index contributed by atoms with van der Waals surface area (Å²) in [5.41, 5.74) is 0.734. The van der Waals surface area contributed by atoms with Gasteiger partial charge in [0.05, 0.1) is 10.7 Å². The number of nitrogens with one attached hydrogen (secondary N) is 1. The fourth-order valence-electron chi connectivity index (χ4n) is 1.64. The van der Waals surface area contributed by atoms with E-state index in [0.717, 1.165) is 0 Å². The van der Waals surface area contributed by atoms with Crippen molar-refractivity contribution < 1.29 is 0 Å². The molecule has 0 aliphatic heterocycles. The van der Waals surface area contributed by atoms with Gasteiger partial charge in [-0.25, -0.2) is 4.98 Å². The molecule has 1 aromatic heterocycles. The highest BCUT2D eigenvalue weighted by Gasteiger charge is 2.18. The molecule has 0 fully saturated rings. The van der Waals surface area contributed by atoms with Gasteiger partial charge >= 0.3 is 0 Å². The van der Waals surface area contributed by atoms with E-state index in [-0.39, 0.29) is 11.0 Å². The van der Waals surface area contributed by atoms with Gasteiger partial charge in [0.25, 0.3) is 5.56 Å². The summed E-state index contributed by atoms with van der Waals surface area (Å²) in [4.78, 5) is 19.0. The van der Waals surface area contributed by atoms with E-state index in [1.165, 1.54) is 6.07 Å². The number of hydrogen-bond donors (Lipinski definition) is 1. The van der Waals surface area contributed by atoms with Crippen molar-refractivity contribution in [2.75, 3.05) is 0 Å². The predicted octanol–water partition coefficient (Wildman–Crippen LogP) is 4.04. The molecule has 0 aliphatic carbocycles. The molecule has 0 atom stereocenters. The Morgan fingerprint density at radius 3 is 2.47 bits per heavy atom. The van der Waals surface area contributed by atoms with Crippen molar-refractivity contribution in [3.63, 3.8) is 0 Å². The Labute approximate surface area is 121 Å². The van der Waals surface area contributed by atoms with Gasteiger partial charge in [-0.15, -0.1) is 0 Å². The maximum absolute atomic E-state index is 11.8. The summed E-state index contributed by atoms with van der Waals surface area (Å²) in [7, 11) is 0. The van der Waals surface area contributed by atoms with Crippen LogP contribution in [0.15, 0.2) is 29.1 Å². The highest BCUT2D eigenvalue weighted by atomic mass is 35.5. The zero-order valence-corrected chi connectivity index (χ0v) is 12.4. The smallest absolute Gasteiger partial charge is 0.251 e. The summed E-state index contributed by atoms with van der Waals surface area (Å²) in [5.74, 6) is 0.617. The minimum atomic E-state index is -0.250. The molecule has 0 bridgehead atoms. The number of aromatic nitrogens is 2. The van der Waals surface area contributed by atoms with Crippen molar-refractivity contribution in [2.45, 2.75) is 26.2 Å². The van der Waals surface area contributed by atoms with E-state index in [1.54, 1.807) is 18.2 Å². The van der Waals surface area contributed by atoms with E-state index in [4.69, 9.17) is 23.2 Å². The molecule has 5 heteroatoms. The Kier molecular flexibility index (Phi) is 3.70. The van der Waals surface area contributed by atoms with Crippen molar-refractivity contribution in [2.24, 2.45) is 0 Å². The van der Waals surface area contributed by atoms with Crippen LogP contribution >= 0.6 is 23.2 Å². The number of rotatable bonds is 1. The van der Waals surface area contributed by atoms with E-state index < -0.39 is 0 Å². The first-order valence-electron chi connectivity index (χ1n) is 5.84. The number of nitrogens with zero attached hydrogens (tertiary/aromatic N) is 1. The highest BCUT2D eigenvalue weighted by molar-refractivity contribution is 6.35. The average Bonchev–Trinajstić information content (AvgIpc) is 2.30.